The van der Waals surface area contributed by atoms with Gasteiger partial charge in [-0.3, -0.25) is 16.0 Å². The van der Waals surface area contributed by atoms with Crippen LogP contribution in [0.25, 0.3) is 0 Å². The highest BCUT2D eigenvalue weighted by atomic mass is 16.6. The Labute approximate surface area is 407 Å². The van der Waals surface area contributed by atoms with Gasteiger partial charge in [-0.15, -0.1) is 15.3 Å². The standard InChI is InChI=1S/C21H27N5O4.C16H19N5O2.C11H11N5.CH4/c1-20(2,3)29-18(27)23-16-13-12-15(26-25-14-10-8-7-9-11-14)17(22-16)24-19(28)30-21(4,5)6;1-16(2,3)23-15(22)19-13-10-9-12(14(17)18-13)21-20-11-7-5-4-6-8-11;12-10-7-6-9(11(13)14-10)16-15-8-4-2-1-3-5-8;/h7-13H,1-6H3,(H2,22,23,24,27,28);4-10H,1-3H3,(H3,17,18,19,22);1-7H,(H4,12,13,14);1H4. The molecule has 21 heteroatoms. The maximum Gasteiger partial charge on any atom is 0.413 e. The highest BCUT2D eigenvalue weighted by molar-refractivity contribution is 5.89. The summed E-state index contributed by atoms with van der Waals surface area (Å²) < 4.78 is 15.6. The zero-order valence-corrected chi connectivity index (χ0v) is 39.8. The lowest BCUT2D eigenvalue weighted by Gasteiger charge is -2.20. The van der Waals surface area contributed by atoms with Crippen molar-refractivity contribution < 1.29 is 28.6 Å². The third kappa shape index (κ3) is 21.6. The summed E-state index contributed by atoms with van der Waals surface area (Å²) in [6, 6.07) is 37.4. The van der Waals surface area contributed by atoms with Gasteiger partial charge in [-0.1, -0.05) is 62.0 Å². The van der Waals surface area contributed by atoms with Crippen LogP contribution in [0.3, 0.4) is 0 Å². The van der Waals surface area contributed by atoms with Crippen molar-refractivity contribution in [3.05, 3.63) is 127 Å². The Bertz CT molecular complexity index is 2720. The highest BCUT2D eigenvalue weighted by Gasteiger charge is 2.21. The predicted octanol–water partition coefficient (Wildman–Crippen LogP) is 13.9. The molecule has 6 aromatic rings. The molecule has 21 nitrogen and oxygen atoms in total. The third-order valence-electron chi connectivity index (χ3n) is 7.67. The molecule has 0 bridgehead atoms. The van der Waals surface area contributed by atoms with Crippen LogP contribution in [-0.4, -0.2) is 50.0 Å². The fourth-order valence-corrected chi connectivity index (χ4v) is 4.92. The molecule has 9 N–H and O–H groups in total. The number of nitrogens with zero attached hydrogens (tertiary/aromatic N) is 9. The first-order valence-corrected chi connectivity index (χ1v) is 21.2. The molecule has 368 valence electrons. The van der Waals surface area contributed by atoms with Gasteiger partial charge in [0.25, 0.3) is 0 Å². The van der Waals surface area contributed by atoms with Crippen LogP contribution in [0.15, 0.2) is 158 Å². The Morgan fingerprint density at radius 1 is 0.414 bits per heavy atom. The molecule has 3 amide bonds. The molecule has 70 heavy (non-hydrogen) atoms. The Morgan fingerprint density at radius 3 is 1.11 bits per heavy atom. The summed E-state index contributed by atoms with van der Waals surface area (Å²) >= 11 is 0. The van der Waals surface area contributed by atoms with Gasteiger partial charge in [0.2, 0.25) is 0 Å². The molecule has 0 saturated heterocycles. The summed E-state index contributed by atoms with van der Waals surface area (Å²) in [5.74, 6) is 1.36. The van der Waals surface area contributed by atoms with E-state index in [4.69, 9.17) is 31.4 Å². The van der Waals surface area contributed by atoms with Gasteiger partial charge in [-0.2, -0.15) is 15.3 Å². The van der Waals surface area contributed by atoms with Gasteiger partial charge >= 0.3 is 18.3 Å². The fourth-order valence-electron chi connectivity index (χ4n) is 4.92. The summed E-state index contributed by atoms with van der Waals surface area (Å²) in [4.78, 5) is 48.1. The number of nitrogens with two attached hydrogens (primary N) is 3. The molecule has 0 spiro atoms. The van der Waals surface area contributed by atoms with Gasteiger partial charge in [-0.05, 0) is 135 Å². The van der Waals surface area contributed by atoms with E-state index < -0.39 is 35.1 Å². The minimum Gasteiger partial charge on any atom is -0.444 e. The number of hydrogen-bond acceptors (Lipinski definition) is 18. The first kappa shape index (κ1) is 55.4. The van der Waals surface area contributed by atoms with E-state index in [2.05, 4.69) is 61.6 Å². The highest BCUT2D eigenvalue weighted by Crippen LogP contribution is 2.29. The van der Waals surface area contributed by atoms with Crippen LogP contribution in [0.1, 0.15) is 69.7 Å². The molecule has 0 aliphatic carbocycles. The SMILES string of the molecule is C.CC(C)(C)OC(=O)Nc1ccc(N=Nc2ccccc2)c(N)n1.CC(C)(C)OC(=O)Nc1ccc(N=Nc2ccccc2)c(NC(=O)OC(C)(C)C)n1.Nc1ccc(N=Nc2ccccc2)c(N)n1. The molecule has 3 aromatic carbocycles. The van der Waals surface area contributed by atoms with Crippen molar-refractivity contribution in [1.29, 1.82) is 0 Å². The van der Waals surface area contributed by atoms with E-state index in [1.807, 2.05) is 78.9 Å². The summed E-state index contributed by atoms with van der Waals surface area (Å²) in [7, 11) is 0. The molecule has 3 aromatic heterocycles. The quantitative estimate of drug-likeness (QED) is 0.0582. The van der Waals surface area contributed by atoms with Gasteiger partial charge in [0, 0.05) is 0 Å². The van der Waals surface area contributed by atoms with Gasteiger partial charge < -0.3 is 31.4 Å². The predicted molar refractivity (Wildman–Crippen MR) is 274 cm³/mol. The first-order chi connectivity index (χ1) is 32.5. The molecule has 0 atom stereocenters. The first-order valence-electron chi connectivity index (χ1n) is 21.2. The minimum absolute atomic E-state index is 0. The van der Waals surface area contributed by atoms with Crippen molar-refractivity contribution in [2.24, 2.45) is 30.7 Å². The second-order valence-electron chi connectivity index (χ2n) is 17.3. The molecule has 6 rings (SSSR count). The topological polar surface area (TPSA) is 306 Å². The summed E-state index contributed by atoms with van der Waals surface area (Å²) in [5.41, 5.74) is 18.3. The number of hydrogen-bond donors (Lipinski definition) is 6. The number of pyridine rings is 3. The number of carbonyl (C=O) groups is 3. The minimum atomic E-state index is -0.708. The van der Waals surface area contributed by atoms with Crippen LogP contribution in [0.5, 0.6) is 0 Å². The lowest BCUT2D eigenvalue weighted by Crippen LogP contribution is -2.28. The third-order valence-corrected chi connectivity index (χ3v) is 7.67. The van der Waals surface area contributed by atoms with Crippen LogP contribution < -0.4 is 33.2 Å². The number of carbonyl (C=O) groups excluding carboxylic acids is 3. The van der Waals surface area contributed by atoms with E-state index in [9.17, 15) is 14.4 Å². The maximum absolute atomic E-state index is 12.2. The Hall–Kier alpha value is -8.88. The van der Waals surface area contributed by atoms with Crippen molar-refractivity contribution in [2.45, 2.75) is 86.5 Å². The fraction of sp³-hybridized carbons (Fsp3) is 0.265. The summed E-state index contributed by atoms with van der Waals surface area (Å²) in [6.45, 7) is 15.8. The maximum atomic E-state index is 12.2. The molecule has 0 radical (unpaired) electrons. The smallest absolute Gasteiger partial charge is 0.413 e. The number of rotatable bonds is 9. The molecular formula is C49H61N15O6. The number of amides is 3. The lowest BCUT2D eigenvalue weighted by molar-refractivity contribution is 0.0623. The Morgan fingerprint density at radius 2 is 0.743 bits per heavy atom. The van der Waals surface area contributed by atoms with Gasteiger partial charge in [0.05, 0.1) is 17.1 Å². The van der Waals surface area contributed by atoms with Crippen LogP contribution in [0, 0.1) is 0 Å². The van der Waals surface area contributed by atoms with Crippen LogP contribution in [-0.2, 0) is 14.2 Å². The van der Waals surface area contributed by atoms with Crippen LogP contribution >= 0.6 is 0 Å². The average Bonchev–Trinajstić information content (AvgIpc) is 3.25. The van der Waals surface area contributed by atoms with Crippen LogP contribution in [0.2, 0.25) is 0 Å². The summed E-state index contributed by atoms with van der Waals surface area (Å²) in [5, 5.41) is 32.0. The molecule has 0 aliphatic rings. The van der Waals surface area contributed by atoms with Gasteiger partial charge in [-0.25, -0.2) is 29.3 Å². The second-order valence-corrected chi connectivity index (χ2v) is 17.3. The second kappa shape index (κ2) is 25.9. The van der Waals surface area contributed by atoms with Crippen LogP contribution in [0.4, 0.5) is 83.4 Å². The van der Waals surface area contributed by atoms with Crippen molar-refractivity contribution in [2.75, 3.05) is 33.2 Å². The van der Waals surface area contributed by atoms with Crippen molar-refractivity contribution >= 4 is 87.3 Å². The van der Waals surface area contributed by atoms with Crippen molar-refractivity contribution in [3.63, 3.8) is 0 Å². The zero-order valence-electron chi connectivity index (χ0n) is 39.8. The lowest BCUT2D eigenvalue weighted by atomic mass is 10.2. The molecule has 0 saturated carbocycles. The largest absolute Gasteiger partial charge is 0.444 e. The number of benzene rings is 3. The summed E-state index contributed by atoms with van der Waals surface area (Å²) in [6.07, 6.45) is -1.97. The van der Waals surface area contributed by atoms with E-state index >= 15 is 0 Å². The molecule has 3 heterocycles. The number of aromatic nitrogens is 3. The number of azo groups is 3. The Balaban J connectivity index is 0.000000288. The van der Waals surface area contributed by atoms with Gasteiger partial charge in [0.1, 0.15) is 51.3 Å². The number of anilines is 6. The van der Waals surface area contributed by atoms with E-state index in [0.29, 0.717) is 34.3 Å². The Kier molecular flexibility index (Phi) is 20.5. The monoisotopic (exact) mass is 955 g/mol. The van der Waals surface area contributed by atoms with E-state index in [1.54, 1.807) is 105 Å². The zero-order chi connectivity index (χ0) is 50.6. The molecule has 0 aliphatic heterocycles. The number of nitrogens with one attached hydrogen (secondary N) is 3. The van der Waals surface area contributed by atoms with E-state index in [1.165, 1.54) is 6.07 Å². The van der Waals surface area contributed by atoms with Crippen molar-refractivity contribution in [1.82, 2.24) is 15.0 Å². The number of nitrogen functional groups attached to an aromatic ring is 3. The normalized spacial score (nSPS) is 11.3. The molecular weight excluding hydrogens is 895 g/mol. The van der Waals surface area contributed by atoms with Gasteiger partial charge in [0.15, 0.2) is 17.5 Å². The van der Waals surface area contributed by atoms with E-state index in [-0.39, 0.29) is 36.5 Å². The average molecular weight is 956 g/mol. The molecule has 0 fully saturated rings. The van der Waals surface area contributed by atoms with Crippen molar-refractivity contribution in [3.8, 4) is 0 Å². The van der Waals surface area contributed by atoms with E-state index in [0.717, 1.165) is 5.69 Å². The number of ether oxygens (including phenoxy) is 3. The molecule has 0 unspecified atom stereocenters.